The first kappa shape index (κ1) is 19.2. The summed E-state index contributed by atoms with van der Waals surface area (Å²) in [5, 5.41) is 0. The van der Waals surface area contributed by atoms with Gasteiger partial charge in [0.2, 0.25) is 0 Å². The monoisotopic (exact) mass is 324 g/mol. The molecule has 0 radical (unpaired) electrons. The van der Waals surface area contributed by atoms with Crippen LogP contribution in [0.25, 0.3) is 0 Å². The molecular weight excluding hydrogens is 282 g/mol. The van der Waals surface area contributed by atoms with Crippen molar-refractivity contribution in [1.82, 2.24) is 0 Å². The summed E-state index contributed by atoms with van der Waals surface area (Å²) in [7, 11) is 2.45. The molecule has 2 fully saturated rings. The Kier molecular flexibility index (Phi) is 6.22. The molecule has 0 spiro atoms. The highest BCUT2D eigenvalue weighted by Gasteiger charge is 2.61. The van der Waals surface area contributed by atoms with Crippen LogP contribution in [-0.2, 0) is 4.74 Å². The van der Waals surface area contributed by atoms with Gasteiger partial charge in [-0.3, -0.25) is 0 Å². The normalized spacial score (nSPS) is 32.6. The van der Waals surface area contributed by atoms with Gasteiger partial charge in [-0.15, -0.1) is 0 Å². The van der Waals surface area contributed by atoms with Gasteiger partial charge >= 0.3 is 0 Å². The summed E-state index contributed by atoms with van der Waals surface area (Å²) in [5.74, 6) is 0.888. The third-order valence-electron chi connectivity index (χ3n) is 7.77. The van der Waals surface area contributed by atoms with Gasteiger partial charge < -0.3 is 9.22 Å². The summed E-state index contributed by atoms with van der Waals surface area (Å²) in [5.41, 5.74) is 0.883. The van der Waals surface area contributed by atoms with E-state index in [1.54, 1.807) is 0 Å². The molecule has 136 valence electrons. The van der Waals surface area contributed by atoms with E-state index in [1.165, 1.54) is 69.1 Å². The van der Waals surface area contributed by atoms with Crippen molar-refractivity contribution in [3.05, 3.63) is 0 Å². The predicted molar refractivity (Wildman–Crippen MR) is 99.6 cm³/mol. The summed E-state index contributed by atoms with van der Waals surface area (Å²) in [4.78, 5) is 0. The van der Waals surface area contributed by atoms with Crippen molar-refractivity contribution in [1.29, 1.82) is 0 Å². The molecule has 23 heavy (non-hydrogen) atoms. The third kappa shape index (κ3) is 3.79. The summed E-state index contributed by atoms with van der Waals surface area (Å²) >= 11 is 0. The maximum absolute atomic E-state index is 6.52. The van der Waals surface area contributed by atoms with E-state index in [2.05, 4.69) is 41.7 Å². The quantitative estimate of drug-likeness (QED) is 0.498. The van der Waals surface area contributed by atoms with E-state index in [0.717, 1.165) is 12.5 Å². The van der Waals surface area contributed by atoms with E-state index < -0.39 is 0 Å². The molecule has 0 heterocycles. The number of unbranched alkanes of at least 4 members (excludes halogenated alkanes) is 2. The van der Waals surface area contributed by atoms with Gasteiger partial charge in [-0.25, -0.2) is 0 Å². The van der Waals surface area contributed by atoms with Gasteiger partial charge in [0, 0.05) is 0 Å². The van der Waals surface area contributed by atoms with Crippen LogP contribution in [0.15, 0.2) is 0 Å². The molecular formula is C21H42NO+. The molecule has 0 N–H and O–H groups in total. The number of likely N-dealkylation sites (N-methyl/N-ethyl adjacent to an activating group) is 1. The van der Waals surface area contributed by atoms with Gasteiger partial charge in [-0.2, -0.15) is 0 Å². The van der Waals surface area contributed by atoms with E-state index in [-0.39, 0.29) is 0 Å². The topological polar surface area (TPSA) is 9.23 Å². The lowest BCUT2D eigenvalue weighted by Crippen LogP contribution is -2.48. The fraction of sp³-hybridized carbons (Fsp3) is 1.00. The van der Waals surface area contributed by atoms with Crippen molar-refractivity contribution in [2.45, 2.75) is 85.7 Å². The van der Waals surface area contributed by atoms with Crippen LogP contribution in [0.2, 0.25) is 0 Å². The number of hydrogen-bond donors (Lipinski definition) is 0. The third-order valence-corrected chi connectivity index (χ3v) is 7.77. The highest BCUT2D eigenvalue weighted by molar-refractivity contribution is 5.11. The molecule has 0 aliphatic heterocycles. The SMILES string of the molecule is CCCC[N+](C)(CCCC)CCOC1CC2CCC1(C)C2(C)C. The van der Waals surface area contributed by atoms with E-state index in [9.17, 15) is 0 Å². The Balaban J connectivity index is 1.85. The Hall–Kier alpha value is -0.0800. The van der Waals surface area contributed by atoms with Crippen LogP contribution in [0.1, 0.15) is 79.6 Å². The molecule has 0 saturated heterocycles. The van der Waals surface area contributed by atoms with Crippen LogP contribution in [0.4, 0.5) is 0 Å². The fourth-order valence-electron chi connectivity index (χ4n) is 5.21. The number of rotatable bonds is 10. The number of hydrogen-bond acceptors (Lipinski definition) is 1. The molecule has 2 nitrogen and oxygen atoms in total. The lowest BCUT2D eigenvalue weighted by molar-refractivity contribution is -0.910. The predicted octanol–water partition coefficient (Wildman–Crippen LogP) is 5.26. The smallest absolute Gasteiger partial charge is 0.102 e. The number of ether oxygens (including phenoxy) is 1. The van der Waals surface area contributed by atoms with Gasteiger partial charge in [0.05, 0.1) is 32.8 Å². The molecule has 2 bridgehead atoms. The second-order valence-electron chi connectivity index (χ2n) is 9.47. The molecule has 2 saturated carbocycles. The maximum Gasteiger partial charge on any atom is 0.102 e. The molecule has 2 heteroatoms. The van der Waals surface area contributed by atoms with E-state index in [4.69, 9.17) is 4.74 Å². The van der Waals surface area contributed by atoms with Crippen molar-refractivity contribution in [2.75, 3.05) is 33.3 Å². The van der Waals surface area contributed by atoms with Gasteiger partial charge in [-0.1, -0.05) is 47.5 Å². The second kappa shape index (κ2) is 7.44. The average Bonchev–Trinajstić information content (AvgIpc) is 2.84. The lowest BCUT2D eigenvalue weighted by atomic mass is 9.70. The van der Waals surface area contributed by atoms with Crippen molar-refractivity contribution in [3.63, 3.8) is 0 Å². The minimum atomic E-state index is 0.411. The second-order valence-corrected chi connectivity index (χ2v) is 9.47. The van der Waals surface area contributed by atoms with Crippen molar-refractivity contribution in [2.24, 2.45) is 16.7 Å². The number of quaternary nitrogens is 1. The zero-order chi connectivity index (χ0) is 17.1. The molecule has 0 aromatic carbocycles. The van der Waals surface area contributed by atoms with Gasteiger partial charge in [0.15, 0.2) is 0 Å². The molecule has 2 rings (SSSR count). The van der Waals surface area contributed by atoms with Crippen LogP contribution in [0.3, 0.4) is 0 Å². The average molecular weight is 325 g/mol. The van der Waals surface area contributed by atoms with Crippen LogP contribution in [0.5, 0.6) is 0 Å². The van der Waals surface area contributed by atoms with Crippen molar-refractivity contribution in [3.8, 4) is 0 Å². The highest BCUT2D eigenvalue weighted by atomic mass is 16.5. The first-order valence-corrected chi connectivity index (χ1v) is 10.2. The van der Waals surface area contributed by atoms with Gasteiger partial charge in [0.25, 0.3) is 0 Å². The van der Waals surface area contributed by atoms with Crippen LogP contribution < -0.4 is 0 Å². The Bertz CT molecular complexity index is 370. The van der Waals surface area contributed by atoms with E-state index in [1.807, 2.05) is 0 Å². The van der Waals surface area contributed by atoms with Crippen LogP contribution in [-0.4, -0.2) is 43.9 Å². The first-order chi connectivity index (χ1) is 10.8. The molecule has 0 amide bonds. The molecule has 2 aliphatic rings. The number of nitrogens with zero attached hydrogens (tertiary/aromatic N) is 1. The zero-order valence-electron chi connectivity index (χ0n) is 16.8. The summed E-state index contributed by atoms with van der Waals surface area (Å²) in [6.07, 6.45) is 9.89. The van der Waals surface area contributed by atoms with Crippen molar-refractivity contribution < 1.29 is 9.22 Å². The minimum Gasteiger partial charge on any atom is -0.372 e. The summed E-state index contributed by atoms with van der Waals surface area (Å²) in [6, 6.07) is 0. The first-order valence-electron chi connectivity index (χ1n) is 10.2. The molecule has 0 aromatic heterocycles. The van der Waals surface area contributed by atoms with Crippen LogP contribution in [0, 0.1) is 16.7 Å². The number of fused-ring (bicyclic) bond motifs is 2. The van der Waals surface area contributed by atoms with Gasteiger partial charge in [0.1, 0.15) is 6.54 Å². The largest absolute Gasteiger partial charge is 0.372 e. The Morgan fingerprint density at radius 2 is 1.61 bits per heavy atom. The molecule has 3 atom stereocenters. The standard InChI is InChI=1S/C21H42NO/c1-7-9-13-22(6,14-10-8-2)15-16-23-19-17-18-11-12-21(19,5)20(18,3)4/h18-19H,7-17H2,1-6H3/q+1. The highest BCUT2D eigenvalue weighted by Crippen LogP contribution is 2.66. The van der Waals surface area contributed by atoms with Crippen molar-refractivity contribution >= 4 is 0 Å². The molecule has 0 aromatic rings. The zero-order valence-corrected chi connectivity index (χ0v) is 16.8. The van der Waals surface area contributed by atoms with E-state index in [0.29, 0.717) is 16.9 Å². The minimum absolute atomic E-state index is 0.411. The molecule has 3 unspecified atom stereocenters. The Labute approximate surface area is 145 Å². The maximum atomic E-state index is 6.52. The fourth-order valence-corrected chi connectivity index (χ4v) is 5.21. The Morgan fingerprint density at radius 3 is 2.04 bits per heavy atom. The Morgan fingerprint density at radius 1 is 1.00 bits per heavy atom. The summed E-state index contributed by atoms with van der Waals surface area (Å²) < 4.78 is 7.72. The van der Waals surface area contributed by atoms with E-state index >= 15 is 0 Å². The summed E-state index contributed by atoms with van der Waals surface area (Å²) in [6.45, 7) is 16.8. The lowest BCUT2D eigenvalue weighted by Gasteiger charge is -2.40. The molecule has 2 aliphatic carbocycles. The van der Waals surface area contributed by atoms with Gasteiger partial charge in [-0.05, 0) is 48.9 Å². The van der Waals surface area contributed by atoms with Crippen LogP contribution >= 0.6 is 0 Å².